The molecule has 10 rings (SSSR count). The first-order valence-corrected chi connectivity index (χ1v) is 34.6. The Labute approximate surface area is 576 Å². The van der Waals surface area contributed by atoms with Crippen LogP contribution in [0.4, 0.5) is 5.69 Å². The molecule has 1 N–H and O–H groups in total. The fourth-order valence-electron chi connectivity index (χ4n) is 13.1. The summed E-state index contributed by atoms with van der Waals surface area (Å²) in [6, 6.07) is 76.5. The predicted octanol–water partition coefficient (Wildman–Crippen LogP) is 19.4. The van der Waals surface area contributed by atoms with Gasteiger partial charge in [0.05, 0.1) is 28.7 Å². The predicted molar refractivity (Wildman–Crippen MR) is 396 cm³/mol. The number of aromatic nitrogens is 4. The van der Waals surface area contributed by atoms with Gasteiger partial charge in [-0.15, -0.1) is 4.68 Å². The third-order valence-electron chi connectivity index (χ3n) is 18.9. The number of rotatable bonds is 17. The normalized spacial score (nSPS) is 13.1. The molecular weight excluding hydrogens is 1260 g/mol. The summed E-state index contributed by atoms with van der Waals surface area (Å²) >= 11 is 2.36. The Kier molecular flexibility index (Phi) is 19.6. The quantitative estimate of drug-likeness (QED) is 0.0246. The van der Waals surface area contributed by atoms with E-state index in [4.69, 9.17) is 9.84 Å². The van der Waals surface area contributed by atoms with Crippen molar-refractivity contribution in [2.75, 3.05) is 6.61 Å². The number of nitrogens with one attached hydrogen (secondary N) is 1. The summed E-state index contributed by atoms with van der Waals surface area (Å²) in [5.74, 6) is 0.567. The van der Waals surface area contributed by atoms with E-state index in [2.05, 4.69) is 344 Å². The van der Waals surface area contributed by atoms with Gasteiger partial charge in [0.25, 0.3) is 5.69 Å². The van der Waals surface area contributed by atoms with Crippen LogP contribution in [-0.4, -0.2) is 22.8 Å². The molecule has 94 heavy (non-hydrogen) atoms. The van der Waals surface area contributed by atoms with Gasteiger partial charge in [-0.3, -0.25) is 4.99 Å². The van der Waals surface area contributed by atoms with E-state index in [0.717, 1.165) is 32.7 Å². The van der Waals surface area contributed by atoms with Gasteiger partial charge in [0.1, 0.15) is 12.3 Å². The number of hydrogen-bond donors (Lipinski definition) is 1. The van der Waals surface area contributed by atoms with Crippen LogP contribution >= 0.6 is 22.6 Å². The largest absolute Gasteiger partial charge is 0.857 e. The molecule has 0 bridgehead atoms. The summed E-state index contributed by atoms with van der Waals surface area (Å²) < 4.78 is 11.4. The Morgan fingerprint density at radius 1 is 0.415 bits per heavy atom. The first-order valence-electron chi connectivity index (χ1n) is 33.5. The number of hydrogen-bond acceptors (Lipinski definition) is 4. The molecular formula is C86H99IN5O2+. The molecule has 0 amide bonds. The summed E-state index contributed by atoms with van der Waals surface area (Å²) in [5.41, 5.74) is 18.2. The van der Waals surface area contributed by atoms with E-state index >= 15 is 0 Å². The number of H-pyrrole nitrogens is 1. The van der Waals surface area contributed by atoms with E-state index < -0.39 is 10.8 Å². The zero-order valence-corrected chi connectivity index (χ0v) is 61.3. The molecule has 0 aliphatic carbocycles. The Bertz CT molecular complexity index is 3940. The summed E-state index contributed by atoms with van der Waals surface area (Å²) in [6.45, 7) is 42.1. The topological polar surface area (TPSA) is 81.1 Å². The zero-order chi connectivity index (χ0) is 67.8. The average molecular weight is 1360 g/mol. The van der Waals surface area contributed by atoms with Crippen molar-refractivity contribution in [2.45, 2.75) is 187 Å². The van der Waals surface area contributed by atoms with Gasteiger partial charge >= 0.3 is 0 Å². The Hall–Kier alpha value is -7.95. The maximum Gasteiger partial charge on any atom is 0.268 e. The standard InChI is InChI=1S/C86H98IN5O2/c1-79(2,3)60-22-34-66(35-23-60)85(67-36-24-61(25-37-67)80(4,5)6,68-38-26-62(27-39-68)81(7,8)9)72-46-50-74(51-47-72)88-76(93)58-91-54-19-21-59(57-91)77-78(87)92(90-89-77)55-20-56-94-75-52-48-73(49-53-75)86(69-40-28-63(29-41-69)82(10,11)12,70-42-30-64(31-43-70)83(13,14)15)71-44-32-65(33-45-71)84(16,17)18/h19,21-54,57H,20,55-56,58H2,1-18H3/p+1. The highest BCUT2D eigenvalue weighted by Crippen LogP contribution is 2.49. The lowest BCUT2D eigenvalue weighted by Crippen LogP contribution is -2.42. The van der Waals surface area contributed by atoms with E-state index in [1.165, 1.54) is 72.3 Å². The monoisotopic (exact) mass is 1360 g/mol. The Morgan fingerprint density at radius 3 is 1.01 bits per heavy atom. The molecule has 2 aromatic heterocycles. The van der Waals surface area contributed by atoms with Crippen LogP contribution in [0.3, 0.4) is 0 Å². The number of ether oxygens (including phenoxy) is 1. The third-order valence-corrected chi connectivity index (χ3v) is 20.0. The second-order valence-electron chi connectivity index (χ2n) is 32.0. The van der Waals surface area contributed by atoms with E-state index in [-0.39, 0.29) is 44.9 Å². The number of halogens is 1. The molecule has 0 spiro atoms. The maximum absolute atomic E-state index is 14.0. The van der Waals surface area contributed by atoms with Crippen LogP contribution in [0.2, 0.25) is 0 Å². The van der Waals surface area contributed by atoms with Crippen LogP contribution in [0, 0.1) is 3.70 Å². The smallest absolute Gasteiger partial charge is 0.268 e. The summed E-state index contributed by atoms with van der Waals surface area (Å²) in [5, 5.41) is 22.0. The van der Waals surface area contributed by atoms with Crippen LogP contribution in [0.25, 0.3) is 11.3 Å². The van der Waals surface area contributed by atoms with Crippen molar-refractivity contribution in [2.24, 2.45) is 4.99 Å². The summed E-state index contributed by atoms with van der Waals surface area (Å²) in [6.07, 6.45) is 4.63. The van der Waals surface area contributed by atoms with Crippen molar-refractivity contribution in [1.82, 2.24) is 10.3 Å². The minimum atomic E-state index is -0.678. The number of nitrogens with zero attached hydrogens (tertiary/aromatic N) is 4. The van der Waals surface area contributed by atoms with E-state index in [9.17, 15) is 5.11 Å². The molecule has 7 nitrogen and oxygen atoms in total. The van der Waals surface area contributed by atoms with Gasteiger partial charge in [-0.25, -0.2) is 0 Å². The maximum atomic E-state index is 14.0. The Balaban J connectivity index is 0.863. The first kappa shape index (κ1) is 68.9. The molecule has 0 fully saturated rings. The van der Waals surface area contributed by atoms with Crippen molar-refractivity contribution in [3.05, 3.63) is 300 Å². The lowest BCUT2D eigenvalue weighted by molar-refractivity contribution is -0.764. The van der Waals surface area contributed by atoms with Crippen molar-refractivity contribution < 1.29 is 19.1 Å². The van der Waals surface area contributed by atoms with Crippen molar-refractivity contribution in [1.29, 1.82) is 0 Å². The highest BCUT2D eigenvalue weighted by atomic mass is 127. The van der Waals surface area contributed by atoms with Gasteiger partial charge in [0, 0.05) is 46.1 Å². The van der Waals surface area contributed by atoms with Crippen LogP contribution in [0.5, 0.6) is 5.75 Å². The van der Waals surface area contributed by atoms with Gasteiger partial charge in [-0.2, -0.15) is 4.57 Å². The molecule has 8 aromatic carbocycles. The fraction of sp³-hybridized carbons (Fsp3) is 0.349. The number of benzene rings is 8. The lowest BCUT2D eigenvalue weighted by atomic mass is 9.64. The zero-order valence-electron chi connectivity index (χ0n) is 59.1. The summed E-state index contributed by atoms with van der Waals surface area (Å²) in [4.78, 5) is 4.68. The number of aromatic amines is 1. The van der Waals surface area contributed by atoms with Gasteiger partial charge in [-0.05, 0) is 141 Å². The molecule has 8 heteroatoms. The average Bonchev–Trinajstić information content (AvgIpc) is 0.885. The Morgan fingerprint density at radius 2 is 0.702 bits per heavy atom. The minimum absolute atomic E-state index is 0.00557. The number of pyridine rings is 1. The number of aryl methyl sites for hydroxylation is 1. The van der Waals surface area contributed by atoms with Gasteiger partial charge in [-0.1, -0.05) is 300 Å². The van der Waals surface area contributed by atoms with Crippen LogP contribution in [0.1, 0.15) is 209 Å². The van der Waals surface area contributed by atoms with E-state index in [0.29, 0.717) is 18.8 Å². The van der Waals surface area contributed by atoms with Crippen molar-refractivity contribution in [3.63, 3.8) is 0 Å². The van der Waals surface area contributed by atoms with Crippen molar-refractivity contribution >= 4 is 34.2 Å². The molecule has 0 radical (unpaired) electrons. The van der Waals surface area contributed by atoms with E-state index in [1.807, 2.05) is 41.2 Å². The molecule has 0 saturated heterocycles. The fourth-order valence-corrected chi connectivity index (χ4v) is 13.9. The molecule has 0 saturated carbocycles. The molecule has 0 aliphatic rings. The van der Waals surface area contributed by atoms with E-state index in [1.54, 1.807) is 0 Å². The first-order chi connectivity index (χ1) is 44.2. The van der Waals surface area contributed by atoms with Crippen LogP contribution < -0.4 is 19.1 Å². The highest BCUT2D eigenvalue weighted by molar-refractivity contribution is 14.1. The molecule has 0 unspecified atom stereocenters. The highest BCUT2D eigenvalue weighted by Gasteiger charge is 2.41. The van der Waals surface area contributed by atoms with Gasteiger partial charge < -0.3 is 9.84 Å². The van der Waals surface area contributed by atoms with Crippen LogP contribution in [-0.2, 0) is 56.4 Å². The van der Waals surface area contributed by atoms with Gasteiger partial charge in [0.15, 0.2) is 18.9 Å². The molecule has 2 heterocycles. The van der Waals surface area contributed by atoms with Crippen LogP contribution in [0.15, 0.2) is 224 Å². The molecule has 0 aliphatic heterocycles. The number of aliphatic imine (C=N–C) groups is 1. The molecule has 486 valence electrons. The minimum Gasteiger partial charge on any atom is -0.857 e. The summed E-state index contributed by atoms with van der Waals surface area (Å²) in [7, 11) is 0. The second kappa shape index (κ2) is 26.7. The van der Waals surface area contributed by atoms with Gasteiger partial charge in [0.2, 0.25) is 3.70 Å². The molecule has 0 atom stereocenters. The lowest BCUT2D eigenvalue weighted by Gasteiger charge is -2.38. The molecule has 10 aromatic rings. The second-order valence-corrected chi connectivity index (χ2v) is 33.0. The third kappa shape index (κ3) is 14.8. The SMILES string of the molecule is CC(C)(C)c1ccc(C(c2ccc(N=C([O-])C[n+]3cccc(-c4n[nH][n+](CCCOc5ccc(C(c6ccc(C(C)(C)C)cc6)(c6ccc(C(C)(C)C)cc6)c6ccc(C(C)(C)C)cc6)cc5)c4I)c3)cc2)(c2ccc(C(C)(C)C)cc2)c2ccc(C(C)(C)C)cc2)cc1. The van der Waals surface area contributed by atoms with Crippen molar-refractivity contribution in [3.8, 4) is 17.0 Å².